The van der Waals surface area contributed by atoms with Crippen molar-refractivity contribution in [3.8, 4) is 0 Å². The van der Waals surface area contributed by atoms with Gasteiger partial charge in [-0.3, -0.25) is 4.90 Å². The largest absolute Gasteiger partial charge is 0.393 e. The van der Waals surface area contributed by atoms with Gasteiger partial charge in [-0.05, 0) is 50.3 Å². The van der Waals surface area contributed by atoms with Gasteiger partial charge in [0.2, 0.25) is 5.95 Å². The number of unbranched alkanes of at least 4 members (excludes halogenated alkanes) is 1. The number of piperazine rings is 1. The third kappa shape index (κ3) is 5.79. The molecule has 1 saturated carbocycles. The number of aliphatic hydroxyl groups is 1. The average Bonchev–Trinajstić information content (AvgIpc) is 3.25. The minimum absolute atomic E-state index is 0.145. The Hall–Kier alpha value is -2.22. The fourth-order valence-corrected chi connectivity index (χ4v) is 5.80. The summed E-state index contributed by atoms with van der Waals surface area (Å²) in [4.78, 5) is 17.2. The van der Waals surface area contributed by atoms with Crippen molar-refractivity contribution in [2.45, 2.75) is 70.1 Å². The lowest BCUT2D eigenvalue weighted by molar-refractivity contribution is 0.122. The zero-order valence-corrected chi connectivity index (χ0v) is 21.5. The lowest BCUT2D eigenvalue weighted by Crippen LogP contribution is -2.43. The van der Waals surface area contributed by atoms with Crippen molar-refractivity contribution in [2.75, 3.05) is 56.5 Å². The molecule has 1 aliphatic carbocycles. The third-order valence-electron chi connectivity index (χ3n) is 8.13. The van der Waals surface area contributed by atoms with E-state index in [0.29, 0.717) is 12.0 Å². The van der Waals surface area contributed by atoms with Crippen LogP contribution in [0.2, 0.25) is 0 Å². The van der Waals surface area contributed by atoms with E-state index in [1.165, 1.54) is 16.7 Å². The minimum Gasteiger partial charge on any atom is -0.393 e. The van der Waals surface area contributed by atoms with Crippen molar-refractivity contribution < 1.29 is 5.11 Å². The molecule has 1 aromatic heterocycles. The summed E-state index contributed by atoms with van der Waals surface area (Å²) in [5, 5.41) is 13.5. The van der Waals surface area contributed by atoms with Crippen LogP contribution in [0.15, 0.2) is 30.5 Å². The molecule has 7 heteroatoms. The number of aliphatic hydroxyl groups excluding tert-OH is 1. The number of nitrogens with one attached hydrogen (secondary N) is 1. The molecular formula is C28H42N6O. The number of rotatable bonds is 8. The summed E-state index contributed by atoms with van der Waals surface area (Å²) in [5.74, 6) is 2.12. The van der Waals surface area contributed by atoms with Crippen molar-refractivity contribution >= 4 is 11.8 Å². The first-order valence-corrected chi connectivity index (χ1v) is 13.7. The highest BCUT2D eigenvalue weighted by molar-refractivity contribution is 5.60. The Kier molecular flexibility index (Phi) is 7.85. The highest BCUT2D eigenvalue weighted by Gasteiger charge is 2.37. The van der Waals surface area contributed by atoms with Crippen LogP contribution in [0.5, 0.6) is 0 Å². The van der Waals surface area contributed by atoms with Crippen LogP contribution in [0, 0.1) is 0 Å². The zero-order chi connectivity index (χ0) is 24.2. The van der Waals surface area contributed by atoms with E-state index in [9.17, 15) is 5.11 Å². The second-order valence-electron chi connectivity index (χ2n) is 10.7. The van der Waals surface area contributed by atoms with Gasteiger partial charge in [0.1, 0.15) is 5.82 Å². The summed E-state index contributed by atoms with van der Waals surface area (Å²) in [6.07, 6.45) is 8.00. The molecule has 0 bridgehead atoms. The Morgan fingerprint density at radius 3 is 2.49 bits per heavy atom. The maximum absolute atomic E-state index is 10.1. The Labute approximate surface area is 210 Å². The molecule has 2 N–H and O–H groups in total. The summed E-state index contributed by atoms with van der Waals surface area (Å²) in [6, 6.07) is 9.71. The topological polar surface area (TPSA) is 67.8 Å². The van der Waals surface area contributed by atoms with Crippen LogP contribution in [0.1, 0.15) is 68.1 Å². The molecule has 35 heavy (non-hydrogen) atoms. The van der Waals surface area contributed by atoms with Crippen LogP contribution >= 0.6 is 0 Å². The normalized spacial score (nSPS) is 25.6. The smallest absolute Gasteiger partial charge is 0.224 e. The molecule has 0 radical (unpaired) electrons. The molecule has 2 fully saturated rings. The van der Waals surface area contributed by atoms with Crippen molar-refractivity contribution in [2.24, 2.45) is 0 Å². The number of benzene rings is 1. The average molecular weight is 479 g/mol. The minimum atomic E-state index is -0.145. The van der Waals surface area contributed by atoms with E-state index in [2.05, 4.69) is 64.5 Å². The molecule has 3 heterocycles. The van der Waals surface area contributed by atoms with Gasteiger partial charge < -0.3 is 20.2 Å². The van der Waals surface area contributed by atoms with Gasteiger partial charge in [0, 0.05) is 69.5 Å². The van der Waals surface area contributed by atoms with Gasteiger partial charge in [0.05, 0.1) is 6.10 Å². The Bertz CT molecular complexity index is 950. The van der Waals surface area contributed by atoms with E-state index in [0.717, 1.165) is 96.1 Å². The Morgan fingerprint density at radius 2 is 1.77 bits per heavy atom. The summed E-state index contributed by atoms with van der Waals surface area (Å²) in [6.45, 7) is 9.68. The molecule has 7 nitrogen and oxygen atoms in total. The monoisotopic (exact) mass is 478 g/mol. The van der Waals surface area contributed by atoms with Gasteiger partial charge in [0.25, 0.3) is 0 Å². The number of hydrogen-bond donors (Lipinski definition) is 2. The number of aromatic nitrogens is 2. The fourth-order valence-electron chi connectivity index (χ4n) is 5.80. The first-order chi connectivity index (χ1) is 17.1. The van der Waals surface area contributed by atoms with E-state index in [1.807, 2.05) is 0 Å². The molecule has 2 aliphatic heterocycles. The molecule has 3 aliphatic rings. The Balaban J connectivity index is 1.33. The number of fused-ring (bicyclic) bond motifs is 1. The van der Waals surface area contributed by atoms with Crippen LogP contribution in [-0.2, 0) is 6.54 Å². The van der Waals surface area contributed by atoms with Gasteiger partial charge >= 0.3 is 0 Å². The third-order valence-corrected chi connectivity index (χ3v) is 8.13. The SMILES string of the molecule is CCCCNc1ncc2c(n1)N(C1CCC(O)CC1)CC2c1ccc(CN2CCN(C)CC2)cc1. The van der Waals surface area contributed by atoms with Crippen LogP contribution in [0.3, 0.4) is 0 Å². The number of anilines is 2. The van der Waals surface area contributed by atoms with Gasteiger partial charge in [-0.25, -0.2) is 4.98 Å². The molecular weight excluding hydrogens is 436 g/mol. The van der Waals surface area contributed by atoms with Crippen molar-refractivity contribution in [3.63, 3.8) is 0 Å². The summed E-state index contributed by atoms with van der Waals surface area (Å²) < 4.78 is 0. The molecule has 190 valence electrons. The first-order valence-electron chi connectivity index (χ1n) is 13.7. The number of likely N-dealkylation sites (N-methyl/N-ethyl adjacent to an activating group) is 1. The molecule has 1 aromatic carbocycles. The van der Waals surface area contributed by atoms with Crippen LogP contribution in [0.25, 0.3) is 0 Å². The van der Waals surface area contributed by atoms with E-state index in [-0.39, 0.29) is 6.10 Å². The Morgan fingerprint density at radius 1 is 1.03 bits per heavy atom. The molecule has 0 spiro atoms. The maximum Gasteiger partial charge on any atom is 0.224 e. The van der Waals surface area contributed by atoms with Gasteiger partial charge in [-0.2, -0.15) is 4.98 Å². The van der Waals surface area contributed by atoms with Gasteiger partial charge in [0.15, 0.2) is 0 Å². The maximum atomic E-state index is 10.1. The molecule has 0 amide bonds. The zero-order valence-electron chi connectivity index (χ0n) is 21.5. The van der Waals surface area contributed by atoms with Crippen molar-refractivity contribution in [3.05, 3.63) is 47.2 Å². The van der Waals surface area contributed by atoms with Crippen molar-refractivity contribution in [1.29, 1.82) is 0 Å². The van der Waals surface area contributed by atoms with Crippen LogP contribution in [-0.4, -0.2) is 83.3 Å². The predicted octanol–water partition coefficient (Wildman–Crippen LogP) is 3.69. The fraction of sp³-hybridized carbons (Fsp3) is 0.643. The standard InChI is InChI=1S/C28H42N6O/c1-3-4-13-29-28-30-18-25-26(20-34(27(25)31-28)23-9-11-24(35)12-10-23)22-7-5-21(6-8-22)19-33-16-14-32(2)15-17-33/h5-8,18,23-24,26,35H,3-4,9-17,19-20H2,1-2H3,(H,29,30,31). The predicted molar refractivity (Wildman–Crippen MR) is 142 cm³/mol. The molecule has 2 aromatic rings. The second kappa shape index (κ2) is 11.2. The number of hydrogen-bond acceptors (Lipinski definition) is 7. The van der Waals surface area contributed by atoms with E-state index in [1.54, 1.807) is 0 Å². The van der Waals surface area contributed by atoms with Crippen molar-refractivity contribution in [1.82, 2.24) is 19.8 Å². The lowest BCUT2D eigenvalue weighted by atomic mass is 9.91. The summed E-state index contributed by atoms with van der Waals surface area (Å²) in [5.41, 5.74) is 3.98. The van der Waals surface area contributed by atoms with Gasteiger partial charge in [-0.15, -0.1) is 0 Å². The second-order valence-corrected chi connectivity index (χ2v) is 10.7. The lowest BCUT2D eigenvalue weighted by Gasteiger charge is -2.34. The van der Waals surface area contributed by atoms with E-state index in [4.69, 9.17) is 9.97 Å². The highest BCUT2D eigenvalue weighted by atomic mass is 16.3. The van der Waals surface area contributed by atoms with E-state index >= 15 is 0 Å². The number of nitrogens with zero attached hydrogens (tertiary/aromatic N) is 5. The first kappa shape index (κ1) is 24.5. The summed E-state index contributed by atoms with van der Waals surface area (Å²) >= 11 is 0. The van der Waals surface area contributed by atoms with Crippen LogP contribution < -0.4 is 10.2 Å². The highest BCUT2D eigenvalue weighted by Crippen LogP contribution is 2.42. The molecule has 1 unspecified atom stereocenters. The van der Waals surface area contributed by atoms with E-state index < -0.39 is 0 Å². The molecule has 1 saturated heterocycles. The van der Waals surface area contributed by atoms with Gasteiger partial charge in [-0.1, -0.05) is 37.6 Å². The van der Waals surface area contributed by atoms with Crippen LogP contribution in [0.4, 0.5) is 11.8 Å². The quantitative estimate of drug-likeness (QED) is 0.561. The molecule has 1 atom stereocenters. The summed E-state index contributed by atoms with van der Waals surface area (Å²) in [7, 11) is 2.21. The molecule has 5 rings (SSSR count).